The molecule has 0 radical (unpaired) electrons. The minimum absolute atomic E-state index is 0.00898. The van der Waals surface area contributed by atoms with E-state index in [9.17, 15) is 31.2 Å². The van der Waals surface area contributed by atoms with Crippen molar-refractivity contribution in [1.29, 1.82) is 0 Å². The number of hydrogen-bond donors (Lipinski definition) is 1. The molecular formula is C30H34F3N3O4S. The first-order chi connectivity index (χ1) is 19.2. The lowest BCUT2D eigenvalue weighted by molar-refractivity contribution is -0.140. The van der Waals surface area contributed by atoms with E-state index in [0.717, 1.165) is 17.7 Å². The summed E-state index contributed by atoms with van der Waals surface area (Å²) >= 11 is 0. The molecule has 0 bridgehead atoms. The fourth-order valence-corrected chi connectivity index (χ4v) is 5.70. The molecular weight excluding hydrogens is 555 g/mol. The Morgan fingerprint density at radius 2 is 1.56 bits per heavy atom. The molecule has 0 spiro atoms. The van der Waals surface area contributed by atoms with Crippen molar-refractivity contribution in [3.63, 3.8) is 0 Å². The van der Waals surface area contributed by atoms with Gasteiger partial charge in [-0.1, -0.05) is 61.0 Å². The van der Waals surface area contributed by atoms with Crippen molar-refractivity contribution in [2.45, 2.75) is 63.8 Å². The van der Waals surface area contributed by atoms with Crippen LogP contribution in [-0.2, 0) is 32.3 Å². The molecule has 2 amide bonds. The second kappa shape index (κ2) is 13.2. The van der Waals surface area contributed by atoms with Crippen LogP contribution in [0.3, 0.4) is 0 Å². The van der Waals surface area contributed by atoms with Crippen LogP contribution in [0.1, 0.15) is 43.9 Å². The zero-order chi connectivity index (χ0) is 30.4. The van der Waals surface area contributed by atoms with Gasteiger partial charge in [0.05, 0.1) is 16.1 Å². The van der Waals surface area contributed by atoms with Crippen LogP contribution in [0.4, 0.5) is 18.9 Å². The zero-order valence-electron chi connectivity index (χ0n) is 23.4. The summed E-state index contributed by atoms with van der Waals surface area (Å²) < 4.78 is 68.9. The molecule has 0 saturated heterocycles. The van der Waals surface area contributed by atoms with Crippen molar-refractivity contribution in [2.75, 3.05) is 10.8 Å². The van der Waals surface area contributed by atoms with Gasteiger partial charge >= 0.3 is 6.18 Å². The lowest BCUT2D eigenvalue weighted by atomic mass is 10.1. The molecule has 0 fully saturated rings. The highest BCUT2D eigenvalue weighted by Gasteiger charge is 2.36. The number of alkyl halides is 3. The van der Waals surface area contributed by atoms with Crippen LogP contribution in [0.5, 0.6) is 0 Å². The Kier molecular flexibility index (Phi) is 10.2. The van der Waals surface area contributed by atoms with Crippen molar-refractivity contribution in [2.24, 2.45) is 0 Å². The molecule has 0 aliphatic heterocycles. The Balaban J connectivity index is 2.10. The number of sulfonamides is 1. The summed E-state index contributed by atoms with van der Waals surface area (Å²) in [5, 5.41) is 2.80. The van der Waals surface area contributed by atoms with Crippen LogP contribution in [0, 0.1) is 6.92 Å². The van der Waals surface area contributed by atoms with Gasteiger partial charge in [-0.15, -0.1) is 0 Å². The van der Waals surface area contributed by atoms with E-state index < -0.39 is 46.2 Å². The number of rotatable bonds is 11. The van der Waals surface area contributed by atoms with Gasteiger partial charge in [-0.05, 0) is 63.1 Å². The van der Waals surface area contributed by atoms with E-state index in [0.29, 0.717) is 15.9 Å². The van der Waals surface area contributed by atoms with Gasteiger partial charge in [0.25, 0.3) is 10.0 Å². The third-order valence-corrected chi connectivity index (χ3v) is 8.15. The van der Waals surface area contributed by atoms with Gasteiger partial charge in [0, 0.05) is 12.6 Å². The van der Waals surface area contributed by atoms with E-state index in [1.165, 1.54) is 35.2 Å². The number of amides is 2. The van der Waals surface area contributed by atoms with Crippen LogP contribution in [0.15, 0.2) is 83.8 Å². The Labute approximate surface area is 239 Å². The maximum Gasteiger partial charge on any atom is 0.416 e. The number of nitrogens with zero attached hydrogens (tertiary/aromatic N) is 2. The molecule has 0 aromatic heterocycles. The van der Waals surface area contributed by atoms with E-state index in [1.807, 2.05) is 19.1 Å². The van der Waals surface area contributed by atoms with E-state index in [2.05, 4.69) is 5.32 Å². The second-order valence-corrected chi connectivity index (χ2v) is 11.8. The quantitative estimate of drug-likeness (QED) is 0.318. The maximum atomic E-state index is 14.0. The lowest BCUT2D eigenvalue weighted by Gasteiger charge is -2.33. The highest BCUT2D eigenvalue weighted by molar-refractivity contribution is 7.92. The van der Waals surface area contributed by atoms with Crippen LogP contribution in [0.25, 0.3) is 0 Å². The molecule has 3 rings (SSSR count). The van der Waals surface area contributed by atoms with Gasteiger partial charge in [0.2, 0.25) is 11.8 Å². The molecule has 220 valence electrons. The van der Waals surface area contributed by atoms with Gasteiger partial charge in [0.1, 0.15) is 12.6 Å². The molecule has 3 aromatic carbocycles. The van der Waals surface area contributed by atoms with Gasteiger partial charge in [-0.25, -0.2) is 8.42 Å². The number of halogens is 3. The van der Waals surface area contributed by atoms with Crippen LogP contribution < -0.4 is 9.62 Å². The van der Waals surface area contributed by atoms with E-state index in [4.69, 9.17) is 0 Å². The number of hydrogen-bond acceptors (Lipinski definition) is 4. The molecule has 41 heavy (non-hydrogen) atoms. The smallest absolute Gasteiger partial charge is 0.352 e. The molecule has 0 saturated carbocycles. The minimum atomic E-state index is -4.73. The maximum absolute atomic E-state index is 14.0. The van der Waals surface area contributed by atoms with Crippen LogP contribution >= 0.6 is 0 Å². The first kappa shape index (κ1) is 31.7. The zero-order valence-corrected chi connectivity index (χ0v) is 24.2. The lowest BCUT2D eigenvalue weighted by Crippen LogP contribution is -2.53. The topological polar surface area (TPSA) is 86.8 Å². The third kappa shape index (κ3) is 8.09. The SMILES string of the molecule is CC[C@@H](C(=O)NC(C)C)N(Cc1ccc(C)cc1)C(=O)CN(c1cccc(C(F)(F)F)c1)S(=O)(=O)c1ccccc1. The van der Waals surface area contributed by atoms with Crippen molar-refractivity contribution in [1.82, 2.24) is 10.2 Å². The average Bonchev–Trinajstić information content (AvgIpc) is 2.92. The monoisotopic (exact) mass is 589 g/mol. The number of anilines is 1. The summed E-state index contributed by atoms with van der Waals surface area (Å²) in [6.45, 7) is 6.35. The molecule has 0 unspecified atom stereocenters. The second-order valence-electron chi connectivity index (χ2n) is 9.97. The van der Waals surface area contributed by atoms with E-state index >= 15 is 0 Å². The number of aryl methyl sites for hydroxylation is 1. The Morgan fingerprint density at radius 3 is 2.12 bits per heavy atom. The first-order valence-corrected chi connectivity index (χ1v) is 14.6. The van der Waals surface area contributed by atoms with Gasteiger partial charge < -0.3 is 10.2 Å². The van der Waals surface area contributed by atoms with Crippen molar-refractivity contribution in [3.05, 3.63) is 95.6 Å². The summed E-state index contributed by atoms with van der Waals surface area (Å²) in [5.74, 6) is -1.16. The third-order valence-electron chi connectivity index (χ3n) is 6.36. The summed E-state index contributed by atoms with van der Waals surface area (Å²) in [6, 6.07) is 17.1. The number of nitrogens with one attached hydrogen (secondary N) is 1. The molecule has 11 heteroatoms. The summed E-state index contributed by atoms with van der Waals surface area (Å²) in [7, 11) is -4.48. The van der Waals surface area contributed by atoms with Gasteiger partial charge in [-0.3, -0.25) is 13.9 Å². The van der Waals surface area contributed by atoms with E-state index in [-0.39, 0.29) is 29.6 Å². The summed E-state index contributed by atoms with van der Waals surface area (Å²) in [6.07, 6.45) is -4.51. The van der Waals surface area contributed by atoms with Gasteiger partial charge in [0.15, 0.2) is 0 Å². The van der Waals surface area contributed by atoms with Gasteiger partial charge in [-0.2, -0.15) is 13.2 Å². The molecule has 1 N–H and O–H groups in total. The molecule has 3 aromatic rings. The normalized spacial score (nSPS) is 12.6. The molecule has 0 heterocycles. The largest absolute Gasteiger partial charge is 0.416 e. The predicted molar refractivity (Wildman–Crippen MR) is 152 cm³/mol. The predicted octanol–water partition coefficient (Wildman–Crippen LogP) is 5.54. The Bertz CT molecular complexity index is 1440. The fraction of sp³-hybridized carbons (Fsp3) is 0.333. The van der Waals surface area contributed by atoms with Crippen molar-refractivity contribution >= 4 is 27.5 Å². The Morgan fingerprint density at radius 1 is 0.927 bits per heavy atom. The molecule has 0 aliphatic carbocycles. The average molecular weight is 590 g/mol. The number of benzene rings is 3. The standard InChI is InChI=1S/C30H34F3N3O4S/c1-5-27(29(38)34-21(2)3)35(19-23-16-14-22(4)15-17-23)28(37)20-36(41(39,40)26-12-7-6-8-13-26)25-11-9-10-24(18-25)30(31,32)33/h6-18,21,27H,5,19-20H2,1-4H3,(H,34,38)/t27-/m0/s1. The minimum Gasteiger partial charge on any atom is -0.352 e. The van der Waals surface area contributed by atoms with Crippen LogP contribution in [0.2, 0.25) is 0 Å². The molecule has 1 atom stereocenters. The fourth-order valence-electron chi connectivity index (χ4n) is 4.28. The summed E-state index contributed by atoms with van der Waals surface area (Å²) in [4.78, 5) is 28.2. The highest BCUT2D eigenvalue weighted by atomic mass is 32.2. The molecule has 7 nitrogen and oxygen atoms in total. The first-order valence-electron chi connectivity index (χ1n) is 13.1. The van der Waals surface area contributed by atoms with Crippen LogP contribution in [-0.4, -0.2) is 43.8 Å². The Hall–Kier alpha value is -3.86. The molecule has 0 aliphatic rings. The van der Waals surface area contributed by atoms with Crippen molar-refractivity contribution < 1.29 is 31.2 Å². The number of carbonyl (C=O) groups is 2. The van der Waals surface area contributed by atoms with E-state index in [1.54, 1.807) is 39.0 Å². The highest BCUT2D eigenvalue weighted by Crippen LogP contribution is 2.33. The summed E-state index contributed by atoms with van der Waals surface area (Å²) in [5.41, 5.74) is 0.305. The van der Waals surface area contributed by atoms with Crippen molar-refractivity contribution in [3.8, 4) is 0 Å². The number of carbonyl (C=O) groups excluding carboxylic acids is 2.